The number of aliphatic carboxylic acids is 1. The zero-order valence-electron chi connectivity index (χ0n) is 32.1. The standard InChI is InChI=1S/C27H35ClN2O6.C11H21NO3S/c1-16-8-6-7-10-27(33)15-21(35-25(32)29-27)17(2)24-26(3,36-24)11-9-22(31)30(4)19-13-18(12-16)14-20(34-5)23(19)28;1-8(10(14)15)12(4)9(13)6-7-11(2,3)16-5/h6-8,13-14,17,21,24,33H,9-12,15H2,1-5H3,(H,29,32);8H,6-7H2,1-5H3,(H,14,15)/b7-6+,16-8+;/t17-,21+,24+,26+,27-;8-/m11/s1. The smallest absolute Gasteiger partial charge is 0.409 e. The van der Waals surface area contributed by atoms with Crippen molar-refractivity contribution in [1.29, 1.82) is 0 Å². The molecule has 14 heteroatoms. The molecule has 0 spiro atoms. The first-order valence-corrected chi connectivity index (χ1v) is 19.1. The van der Waals surface area contributed by atoms with Gasteiger partial charge in [-0.3, -0.25) is 14.9 Å². The van der Waals surface area contributed by atoms with E-state index in [4.69, 9.17) is 30.9 Å². The summed E-state index contributed by atoms with van der Waals surface area (Å²) in [4.78, 5) is 50.7. The van der Waals surface area contributed by atoms with Crippen LogP contribution in [0.4, 0.5) is 10.5 Å². The van der Waals surface area contributed by atoms with Crippen LogP contribution in [0.5, 0.6) is 5.75 Å². The number of fused-ring (bicyclic) bond motifs is 5. The number of ether oxygens (including phenoxy) is 3. The van der Waals surface area contributed by atoms with Gasteiger partial charge in [-0.2, -0.15) is 11.8 Å². The first kappa shape index (κ1) is 43.1. The Morgan fingerprint density at radius 1 is 1.29 bits per heavy atom. The van der Waals surface area contributed by atoms with Crippen LogP contribution in [0.1, 0.15) is 85.6 Å². The van der Waals surface area contributed by atoms with Crippen molar-refractivity contribution in [2.45, 2.75) is 121 Å². The molecule has 4 rings (SSSR count). The van der Waals surface area contributed by atoms with E-state index in [0.29, 0.717) is 35.7 Å². The molecule has 1 aromatic carbocycles. The highest BCUT2D eigenvalue weighted by molar-refractivity contribution is 7.99. The molecule has 3 aliphatic rings. The summed E-state index contributed by atoms with van der Waals surface area (Å²) in [5, 5.41) is 22.8. The third kappa shape index (κ3) is 11.4. The molecule has 0 radical (unpaired) electrons. The Hall–Kier alpha value is -3.26. The molecule has 3 amide bonds. The van der Waals surface area contributed by atoms with E-state index < -0.39 is 35.5 Å². The number of hydrogen-bond donors (Lipinski definition) is 3. The summed E-state index contributed by atoms with van der Waals surface area (Å²) in [5.41, 5.74) is 0.692. The van der Waals surface area contributed by atoms with Gasteiger partial charge in [0.1, 0.15) is 28.6 Å². The van der Waals surface area contributed by atoms with Gasteiger partial charge in [-0.25, -0.2) is 9.59 Å². The third-order valence-corrected chi connectivity index (χ3v) is 12.0. The Morgan fingerprint density at radius 3 is 2.58 bits per heavy atom. The number of carbonyl (C=O) groups is 4. The van der Waals surface area contributed by atoms with Gasteiger partial charge in [0.2, 0.25) is 11.8 Å². The lowest BCUT2D eigenvalue weighted by Gasteiger charge is -2.38. The summed E-state index contributed by atoms with van der Waals surface area (Å²) in [6.45, 7) is 11.6. The molecule has 290 valence electrons. The van der Waals surface area contributed by atoms with E-state index in [9.17, 15) is 24.3 Å². The van der Waals surface area contributed by atoms with Crippen molar-refractivity contribution >= 4 is 52.9 Å². The SMILES string of the molecule is COc1cc2cc(c1Cl)N(C)C(=O)CC[C@]1(C)O[C@H]1[C@H](C)[C@@H]1C[C@](O)(C/C=C/C=C(\C)C2)NC(=O)O1.CSC(C)(C)CCC(=O)N(C)[C@H](C)C(=O)O. The number of carbonyl (C=O) groups excluding carboxylic acids is 3. The summed E-state index contributed by atoms with van der Waals surface area (Å²) in [5.74, 6) is -0.814. The number of carboxylic acids is 1. The fourth-order valence-corrected chi connectivity index (χ4v) is 6.88. The zero-order chi connectivity index (χ0) is 39.2. The Bertz CT molecular complexity index is 1550. The molecular formula is C38H56ClN3O9S. The van der Waals surface area contributed by atoms with E-state index in [-0.39, 0.29) is 47.8 Å². The highest BCUT2D eigenvalue weighted by Crippen LogP contribution is 2.47. The van der Waals surface area contributed by atoms with E-state index in [1.807, 2.05) is 57.4 Å². The van der Waals surface area contributed by atoms with E-state index >= 15 is 0 Å². The minimum Gasteiger partial charge on any atom is -0.495 e. The van der Waals surface area contributed by atoms with Crippen molar-refractivity contribution in [2.24, 2.45) is 5.92 Å². The van der Waals surface area contributed by atoms with Gasteiger partial charge in [0.15, 0.2) is 0 Å². The van der Waals surface area contributed by atoms with Crippen LogP contribution >= 0.6 is 23.4 Å². The maximum atomic E-state index is 13.2. The highest BCUT2D eigenvalue weighted by atomic mass is 35.5. The van der Waals surface area contributed by atoms with Gasteiger partial charge in [0, 0.05) is 50.4 Å². The minimum atomic E-state index is -1.40. The van der Waals surface area contributed by atoms with Crippen LogP contribution in [0.15, 0.2) is 35.9 Å². The number of nitrogens with zero attached hydrogens (tertiary/aromatic N) is 2. The van der Waals surface area contributed by atoms with Gasteiger partial charge in [-0.05, 0) is 64.0 Å². The van der Waals surface area contributed by atoms with E-state index in [2.05, 4.69) is 19.2 Å². The van der Waals surface area contributed by atoms with Crippen molar-refractivity contribution in [3.63, 3.8) is 0 Å². The summed E-state index contributed by atoms with van der Waals surface area (Å²) in [6, 6.07) is 3.03. The molecule has 3 heterocycles. The van der Waals surface area contributed by atoms with Crippen molar-refractivity contribution < 1.29 is 43.6 Å². The maximum Gasteiger partial charge on any atom is 0.409 e. The number of amides is 3. The number of hydrogen-bond acceptors (Lipinski definition) is 9. The normalized spacial score (nSPS) is 28.7. The molecule has 3 aliphatic heterocycles. The van der Waals surface area contributed by atoms with Gasteiger partial charge in [0.05, 0.1) is 24.5 Å². The zero-order valence-corrected chi connectivity index (χ0v) is 33.7. The Morgan fingerprint density at radius 2 is 1.96 bits per heavy atom. The molecule has 2 fully saturated rings. The lowest BCUT2D eigenvalue weighted by atomic mass is 9.85. The fourth-order valence-electron chi connectivity index (χ4n) is 6.26. The van der Waals surface area contributed by atoms with E-state index in [0.717, 1.165) is 17.6 Å². The topological polar surface area (TPSA) is 158 Å². The summed E-state index contributed by atoms with van der Waals surface area (Å²) in [6.07, 6.45) is 9.36. The van der Waals surface area contributed by atoms with E-state index in [1.165, 1.54) is 18.9 Å². The fraction of sp³-hybridized carbons (Fsp3) is 0.632. The average molecular weight is 766 g/mol. The van der Waals surface area contributed by atoms with Gasteiger partial charge in [-0.15, -0.1) is 0 Å². The quantitative estimate of drug-likeness (QED) is 0.267. The molecule has 0 unspecified atom stereocenters. The van der Waals surface area contributed by atoms with Crippen molar-refractivity contribution in [1.82, 2.24) is 10.2 Å². The Kier molecular flexibility index (Phi) is 14.7. The number of methoxy groups -OCH3 is 1. The largest absolute Gasteiger partial charge is 0.495 e. The molecule has 3 N–H and O–H groups in total. The number of rotatable bonds is 7. The molecule has 0 aliphatic carbocycles. The molecule has 2 saturated heterocycles. The minimum absolute atomic E-state index is 0.0585. The first-order valence-electron chi connectivity index (χ1n) is 17.5. The number of epoxide rings is 1. The van der Waals surface area contributed by atoms with Crippen LogP contribution < -0.4 is 15.0 Å². The molecule has 4 bridgehead atoms. The molecule has 12 nitrogen and oxygen atoms in total. The molecule has 0 aromatic heterocycles. The second-order valence-electron chi connectivity index (χ2n) is 14.9. The summed E-state index contributed by atoms with van der Waals surface area (Å²) in [7, 11) is 4.80. The van der Waals surface area contributed by atoms with Crippen molar-refractivity contribution in [2.75, 3.05) is 32.4 Å². The van der Waals surface area contributed by atoms with Crippen LogP contribution in [0, 0.1) is 5.92 Å². The number of allylic oxidation sites excluding steroid dienone is 3. The molecule has 1 aromatic rings. The number of likely N-dealkylation sites (N-methyl/N-ethyl adjacent to an activating group) is 1. The molecular weight excluding hydrogens is 710 g/mol. The molecule has 6 atom stereocenters. The molecule has 52 heavy (non-hydrogen) atoms. The number of benzene rings is 1. The number of thioether (sulfide) groups is 1. The number of carboxylic acid groups (broad SMARTS) is 1. The first-order chi connectivity index (χ1) is 24.2. The van der Waals surface area contributed by atoms with Gasteiger partial charge in [-0.1, -0.05) is 56.2 Å². The van der Waals surface area contributed by atoms with Crippen LogP contribution in [-0.4, -0.2) is 101 Å². The van der Waals surface area contributed by atoms with Crippen LogP contribution in [0.25, 0.3) is 0 Å². The summed E-state index contributed by atoms with van der Waals surface area (Å²) >= 11 is 8.30. The monoisotopic (exact) mass is 765 g/mol. The lowest BCUT2D eigenvalue weighted by molar-refractivity contribution is -0.148. The summed E-state index contributed by atoms with van der Waals surface area (Å²) < 4.78 is 17.1. The Balaban J connectivity index is 0.000000385. The predicted octanol–water partition coefficient (Wildman–Crippen LogP) is 6.36. The number of aliphatic hydroxyl groups is 1. The van der Waals surface area contributed by atoms with Crippen LogP contribution in [0.3, 0.4) is 0 Å². The van der Waals surface area contributed by atoms with Crippen molar-refractivity contribution in [3.05, 3.63) is 46.5 Å². The van der Waals surface area contributed by atoms with Gasteiger partial charge < -0.3 is 34.2 Å². The maximum absolute atomic E-state index is 13.2. The van der Waals surface area contributed by atoms with Gasteiger partial charge in [0.25, 0.3) is 0 Å². The van der Waals surface area contributed by atoms with E-state index in [1.54, 1.807) is 30.8 Å². The lowest BCUT2D eigenvalue weighted by Crippen LogP contribution is -2.57. The number of nitrogens with one attached hydrogen (secondary N) is 1. The van der Waals surface area contributed by atoms with Crippen LogP contribution in [-0.2, 0) is 30.3 Å². The second-order valence-corrected chi connectivity index (χ2v) is 16.8. The second kappa shape index (κ2) is 17.7. The predicted molar refractivity (Wildman–Crippen MR) is 204 cm³/mol. The molecule has 0 saturated carbocycles. The highest BCUT2D eigenvalue weighted by Gasteiger charge is 2.58. The average Bonchev–Trinajstić information content (AvgIpc) is 3.77. The number of alkyl carbamates (subject to hydrolysis) is 1. The Labute approximate surface area is 317 Å². The van der Waals surface area contributed by atoms with Gasteiger partial charge >= 0.3 is 12.1 Å². The van der Waals surface area contributed by atoms with Crippen LogP contribution in [0.2, 0.25) is 5.02 Å². The third-order valence-electron chi connectivity index (χ3n) is 10.3. The number of halogens is 1. The number of anilines is 1. The van der Waals surface area contributed by atoms with Crippen molar-refractivity contribution in [3.8, 4) is 5.75 Å².